The predicted molar refractivity (Wildman–Crippen MR) is 96.6 cm³/mol. The molecule has 1 aliphatic heterocycles. The van der Waals surface area contributed by atoms with Gasteiger partial charge < -0.3 is 0 Å². The van der Waals surface area contributed by atoms with Crippen LogP contribution in [0.2, 0.25) is 0 Å². The first-order valence-electron chi connectivity index (χ1n) is 9.02. The average molecular weight is 314 g/mol. The quantitative estimate of drug-likeness (QED) is 0.678. The van der Waals surface area contributed by atoms with E-state index in [9.17, 15) is 0 Å². The molecule has 1 nitrogen and oxygen atoms in total. The molecule has 2 fully saturated rings. The van der Waals surface area contributed by atoms with Gasteiger partial charge >= 0.3 is 0 Å². The first-order chi connectivity index (χ1) is 10.8. The van der Waals surface area contributed by atoms with E-state index in [1.54, 1.807) is 4.88 Å². The molecule has 1 saturated carbocycles. The van der Waals surface area contributed by atoms with Gasteiger partial charge in [-0.15, -0.1) is 11.3 Å². The minimum Gasteiger partial charge on any atom is -0.293 e. The normalized spacial score (nSPS) is 30.7. The minimum absolute atomic E-state index is 0.335. The van der Waals surface area contributed by atoms with Crippen molar-refractivity contribution in [2.45, 2.75) is 57.4 Å². The van der Waals surface area contributed by atoms with Crippen LogP contribution < -0.4 is 0 Å². The summed E-state index contributed by atoms with van der Waals surface area (Å²) in [6, 6.07) is 11.4. The lowest BCUT2D eigenvalue weighted by molar-refractivity contribution is 0.0171. The number of hydrogen-bond donors (Lipinski definition) is 0. The summed E-state index contributed by atoms with van der Waals surface area (Å²) in [6.45, 7) is 5.08. The third-order valence-electron chi connectivity index (χ3n) is 5.82. The van der Waals surface area contributed by atoms with Crippen molar-refractivity contribution in [3.05, 3.63) is 35.2 Å². The summed E-state index contributed by atoms with van der Waals surface area (Å²) in [5.74, 6) is 0.862. The van der Waals surface area contributed by atoms with Crippen molar-refractivity contribution < 1.29 is 0 Å². The summed E-state index contributed by atoms with van der Waals surface area (Å²) >= 11 is 2.06. The van der Waals surface area contributed by atoms with Gasteiger partial charge in [0.15, 0.2) is 0 Å². The van der Waals surface area contributed by atoms with Gasteiger partial charge in [0.2, 0.25) is 0 Å². The van der Waals surface area contributed by atoms with Crippen LogP contribution in [0.5, 0.6) is 0 Å². The lowest BCUT2D eigenvalue weighted by Gasteiger charge is -2.49. The maximum Gasteiger partial charge on any atom is 0.0556 e. The van der Waals surface area contributed by atoms with Gasteiger partial charge in [0.1, 0.15) is 0 Å². The summed E-state index contributed by atoms with van der Waals surface area (Å²) < 4.78 is 1.46. The van der Waals surface area contributed by atoms with E-state index in [4.69, 9.17) is 0 Å². The summed E-state index contributed by atoms with van der Waals surface area (Å²) in [5.41, 5.74) is 0.335. The second-order valence-corrected chi connectivity index (χ2v) is 8.51. The number of fused-ring (bicyclic) bond motifs is 1. The molecular weight excluding hydrogens is 286 g/mol. The Bertz CT molecular complexity index is 607. The number of hydrogen-bond acceptors (Lipinski definition) is 2. The lowest BCUT2D eigenvalue weighted by atomic mass is 9.73. The fourth-order valence-corrected chi connectivity index (χ4v) is 6.04. The van der Waals surface area contributed by atoms with Gasteiger partial charge in [-0.05, 0) is 62.2 Å². The van der Waals surface area contributed by atoms with E-state index in [0.717, 1.165) is 5.92 Å². The Hall–Kier alpha value is -0.860. The van der Waals surface area contributed by atoms with Crippen molar-refractivity contribution in [2.75, 3.05) is 13.1 Å². The molecule has 0 spiro atoms. The molecule has 0 N–H and O–H groups in total. The molecule has 1 aromatic carbocycles. The second kappa shape index (κ2) is 5.98. The van der Waals surface area contributed by atoms with Gasteiger partial charge in [-0.3, -0.25) is 4.90 Å². The summed E-state index contributed by atoms with van der Waals surface area (Å²) in [7, 11) is 0. The third kappa shape index (κ3) is 2.51. The minimum atomic E-state index is 0.335. The molecule has 1 saturated heterocycles. The summed E-state index contributed by atoms with van der Waals surface area (Å²) in [6.07, 6.45) is 9.74. The first kappa shape index (κ1) is 14.7. The molecule has 118 valence electrons. The molecule has 0 bridgehead atoms. The van der Waals surface area contributed by atoms with Crippen LogP contribution in [-0.4, -0.2) is 18.0 Å². The predicted octanol–water partition coefficient (Wildman–Crippen LogP) is 5.79. The highest BCUT2D eigenvalue weighted by Gasteiger charge is 2.42. The highest BCUT2D eigenvalue weighted by Crippen LogP contribution is 2.48. The smallest absolute Gasteiger partial charge is 0.0556 e. The number of piperidine rings is 1. The molecule has 2 heterocycles. The molecule has 0 unspecified atom stereocenters. The number of rotatable bonds is 2. The standard InChI is InChI=1S/C20H27NS/c1-16-8-7-11-20(15-16,21-12-5-2-6-13-21)19-14-17-9-3-4-10-18(17)22-19/h3-4,9-10,14,16H,2,5-8,11-13,15H2,1H3/t16-,20+/m1/s1. The van der Waals surface area contributed by atoms with Crippen molar-refractivity contribution in [3.8, 4) is 0 Å². The van der Waals surface area contributed by atoms with E-state index in [-0.39, 0.29) is 0 Å². The largest absolute Gasteiger partial charge is 0.293 e. The van der Waals surface area contributed by atoms with Gasteiger partial charge in [0.25, 0.3) is 0 Å². The van der Waals surface area contributed by atoms with Crippen LogP contribution in [0.25, 0.3) is 10.1 Å². The zero-order valence-electron chi connectivity index (χ0n) is 13.7. The van der Waals surface area contributed by atoms with Crippen LogP contribution in [0.3, 0.4) is 0 Å². The molecular formula is C20H27NS. The maximum atomic E-state index is 2.86. The molecule has 2 heteroatoms. The molecule has 0 amide bonds. The van der Waals surface area contributed by atoms with Crippen molar-refractivity contribution in [1.29, 1.82) is 0 Å². The van der Waals surface area contributed by atoms with Gasteiger partial charge in [-0.2, -0.15) is 0 Å². The average Bonchev–Trinajstić information content (AvgIpc) is 3.00. The monoisotopic (exact) mass is 313 g/mol. The lowest BCUT2D eigenvalue weighted by Crippen LogP contribution is -2.50. The van der Waals surface area contributed by atoms with Crippen molar-refractivity contribution >= 4 is 21.4 Å². The van der Waals surface area contributed by atoms with E-state index in [2.05, 4.69) is 53.5 Å². The second-order valence-electron chi connectivity index (χ2n) is 7.43. The first-order valence-corrected chi connectivity index (χ1v) is 9.84. The molecule has 2 atom stereocenters. The summed E-state index contributed by atoms with van der Waals surface area (Å²) in [4.78, 5) is 4.50. The van der Waals surface area contributed by atoms with Crippen molar-refractivity contribution in [3.63, 3.8) is 0 Å². The molecule has 0 radical (unpaired) electrons. The van der Waals surface area contributed by atoms with Crippen LogP contribution in [0.4, 0.5) is 0 Å². The molecule has 1 aromatic heterocycles. The van der Waals surface area contributed by atoms with Gasteiger partial charge in [-0.1, -0.05) is 44.4 Å². The molecule has 22 heavy (non-hydrogen) atoms. The Morgan fingerprint density at radius 1 is 1.09 bits per heavy atom. The van der Waals surface area contributed by atoms with Gasteiger partial charge in [0, 0.05) is 9.58 Å². The van der Waals surface area contributed by atoms with Crippen LogP contribution in [0.15, 0.2) is 30.3 Å². The summed E-state index contributed by atoms with van der Waals surface area (Å²) in [5, 5.41) is 1.44. The fraction of sp³-hybridized carbons (Fsp3) is 0.600. The number of nitrogens with zero attached hydrogens (tertiary/aromatic N) is 1. The Labute approximate surface area is 138 Å². The van der Waals surface area contributed by atoms with Crippen LogP contribution in [-0.2, 0) is 5.54 Å². The Kier molecular flexibility index (Phi) is 4.00. The maximum absolute atomic E-state index is 2.86. The van der Waals surface area contributed by atoms with Gasteiger partial charge in [0.05, 0.1) is 5.54 Å². The fourth-order valence-electron chi connectivity index (χ4n) is 4.72. The third-order valence-corrected chi connectivity index (χ3v) is 7.13. The molecule has 1 aliphatic carbocycles. The highest BCUT2D eigenvalue weighted by molar-refractivity contribution is 7.19. The van der Waals surface area contributed by atoms with Crippen LogP contribution in [0.1, 0.15) is 56.7 Å². The number of benzene rings is 1. The molecule has 2 aliphatic rings. The Balaban J connectivity index is 1.78. The van der Waals surface area contributed by atoms with Crippen molar-refractivity contribution in [2.24, 2.45) is 5.92 Å². The van der Waals surface area contributed by atoms with E-state index >= 15 is 0 Å². The van der Waals surface area contributed by atoms with E-state index in [0.29, 0.717) is 5.54 Å². The SMILES string of the molecule is C[C@@H]1CCC[C@](c2cc3ccccc3s2)(N2CCCCC2)C1. The van der Waals surface area contributed by atoms with Gasteiger partial charge in [-0.25, -0.2) is 0 Å². The zero-order valence-corrected chi connectivity index (χ0v) is 14.5. The van der Waals surface area contributed by atoms with E-state index in [1.807, 2.05) is 0 Å². The molecule has 4 rings (SSSR count). The highest BCUT2D eigenvalue weighted by atomic mass is 32.1. The number of thiophene rings is 1. The number of likely N-dealkylation sites (tertiary alicyclic amines) is 1. The Morgan fingerprint density at radius 2 is 1.91 bits per heavy atom. The topological polar surface area (TPSA) is 3.24 Å². The molecule has 2 aromatic rings. The Morgan fingerprint density at radius 3 is 2.68 bits per heavy atom. The van der Waals surface area contributed by atoms with Crippen LogP contribution >= 0.6 is 11.3 Å². The van der Waals surface area contributed by atoms with Crippen molar-refractivity contribution in [1.82, 2.24) is 4.90 Å². The zero-order chi connectivity index (χ0) is 15.0. The van der Waals surface area contributed by atoms with E-state index in [1.165, 1.54) is 68.1 Å². The van der Waals surface area contributed by atoms with Crippen LogP contribution in [0, 0.1) is 5.92 Å². The van der Waals surface area contributed by atoms with E-state index < -0.39 is 0 Å².